The van der Waals surface area contributed by atoms with Gasteiger partial charge in [-0.2, -0.15) is 0 Å². The summed E-state index contributed by atoms with van der Waals surface area (Å²) in [6.45, 7) is 33.3. The minimum atomic E-state index is -1.65. The molecule has 9 aliphatic rings. The SMILES string of the molecule is Cc1ccc2c(n1)oc1c(N3C4CCC(C4)N(C)C3C)c(C)ccc12.Cc1ccc2c(n1)oc1c(N3C4CCCN(C4)C3C)c(C)ccc12.Cc1ccc2c(n1)oc1c(N3c4ccccc4-c4ccccc4N(C)C3C)c(C)ccc12.[2H]C1([2H])c2ccccc2C2([2H])CN1C(C)N2c1c(C)ccc2c1oc1nc(C)ccc12.[2H]C1([2H])c2ccccc2N2CC1N(c1c(C)ccc3c1oc1nc(C)ccc13)C2C. The molecule has 20 nitrogen and oxygen atoms in total. The standard InChI is InChI=1S/C28H25N3O.2C24H23N3O.C21H25N3O.C20H23N3O/c1-17-13-15-22-23-16-14-18(2)29-28(23)32-27(22)26(17)31-19(3)30(4)24-11-7-5-9-20(24)21-10-6-8-12-25(21)31;1-14-8-10-19-20-11-9-15(2)25-24(20)28-23(19)22(14)27-16(3)26-13-18(27)12-17-6-4-5-7-21(17)26;1-14-8-10-19-20-11-9-15(2)25-24(20)28-23(19)22(14)27-16(3)26-12-17-6-4-5-7-18(17)21(27)13-26;1-12-5-9-17-18-10-6-13(2)22-21(18)25-20(17)19(12)24-14(3)23(4)15-7-8-16(24)11-15;1-12-6-8-16-17-9-7-13(2)21-20(17)24-19(16)18(12)23-14(3)22-10-4-5-15(23)11-22/h5-16,19H,1-4H3;4-11,16,18H,12-13H2,1-3H3;4-11,16,21H,12-13H2,1-3H3;5-6,9-10,14-16H,7-8,11H2,1-4H3;6-9,14-15H,4-5,10-11H2,1-3H3/i;12D2;12D2,21D;;. The van der Waals surface area contributed by atoms with Crippen LogP contribution in [0, 0.1) is 69.2 Å². The van der Waals surface area contributed by atoms with Crippen LogP contribution in [0.15, 0.2) is 240 Å². The van der Waals surface area contributed by atoms with Gasteiger partial charge in [0.25, 0.3) is 0 Å². The highest BCUT2D eigenvalue weighted by atomic mass is 16.4. The Bertz CT molecular complexity index is 8350. The predicted molar refractivity (Wildman–Crippen MR) is 559 cm³/mol. The van der Waals surface area contributed by atoms with Gasteiger partial charge in [0, 0.05) is 168 Å². The second-order valence-corrected chi connectivity index (χ2v) is 39.5. The third-order valence-corrected chi connectivity index (χ3v) is 31.2. The fourth-order valence-electron chi connectivity index (χ4n) is 24.0. The van der Waals surface area contributed by atoms with Crippen LogP contribution < -0.4 is 34.3 Å². The summed E-state index contributed by atoms with van der Waals surface area (Å²) in [5.41, 5.74) is 31.7. The van der Waals surface area contributed by atoms with E-state index in [1.54, 1.807) is 4.90 Å². The van der Waals surface area contributed by atoms with E-state index >= 15 is 0 Å². The summed E-state index contributed by atoms with van der Waals surface area (Å²) in [7, 11) is 4.43. The molecule has 0 radical (unpaired) electrons. The first-order valence-corrected chi connectivity index (χ1v) is 48.8. The maximum absolute atomic E-state index is 9.60. The molecule has 28 rings (SSSR count). The van der Waals surface area contributed by atoms with E-state index in [0.717, 1.165) is 151 Å². The summed E-state index contributed by atoms with van der Waals surface area (Å²) in [5.74, 6) is 0. The summed E-state index contributed by atoms with van der Waals surface area (Å²) in [4.78, 5) is 46.5. The van der Waals surface area contributed by atoms with Gasteiger partial charge < -0.3 is 56.4 Å². The smallest absolute Gasteiger partial charge is 0.227 e. The fourth-order valence-corrected chi connectivity index (χ4v) is 24.0. The molecule has 10 aromatic heterocycles. The van der Waals surface area contributed by atoms with Gasteiger partial charge in [0.15, 0.2) is 27.9 Å². The van der Waals surface area contributed by atoms with E-state index in [0.29, 0.717) is 64.8 Å². The van der Waals surface area contributed by atoms with E-state index in [-0.39, 0.29) is 31.1 Å². The van der Waals surface area contributed by atoms with Crippen LogP contribution in [0.1, 0.15) is 153 Å². The first-order valence-electron chi connectivity index (χ1n) is 51.3. The van der Waals surface area contributed by atoms with Crippen molar-refractivity contribution in [1.29, 1.82) is 0 Å². The zero-order valence-electron chi connectivity index (χ0n) is 86.1. The van der Waals surface area contributed by atoms with Crippen molar-refractivity contribution in [1.82, 2.24) is 39.6 Å². The molecule has 6 fully saturated rings. The number of anilines is 8. The second-order valence-electron chi connectivity index (χ2n) is 39.5. The summed E-state index contributed by atoms with van der Waals surface area (Å²) < 4.78 is 77.0. The van der Waals surface area contributed by atoms with E-state index < -0.39 is 18.9 Å². The number of aryl methyl sites for hydroxylation is 10. The van der Waals surface area contributed by atoms with E-state index in [4.69, 9.17) is 27.6 Å². The Morgan fingerprint density at radius 3 is 1.18 bits per heavy atom. The maximum Gasteiger partial charge on any atom is 0.227 e. The Morgan fingerprint density at radius 2 is 0.701 bits per heavy atom. The predicted octanol–water partition coefficient (Wildman–Crippen LogP) is 26.6. The van der Waals surface area contributed by atoms with Gasteiger partial charge in [-0.15, -0.1) is 0 Å². The number of furan rings is 5. The molecule has 1 saturated carbocycles. The van der Waals surface area contributed by atoms with Crippen LogP contribution in [0.5, 0.6) is 0 Å². The average molecular weight is 1820 g/mol. The largest absolute Gasteiger partial charge is 0.436 e. The van der Waals surface area contributed by atoms with Gasteiger partial charge in [-0.25, -0.2) is 24.9 Å². The van der Waals surface area contributed by atoms with Crippen LogP contribution in [0.3, 0.4) is 0 Å². The summed E-state index contributed by atoms with van der Waals surface area (Å²) in [6.07, 6.45) is 5.52. The number of fused-ring (bicyclic) bond motifs is 30. The van der Waals surface area contributed by atoms with E-state index in [2.05, 4.69) is 273 Å². The van der Waals surface area contributed by atoms with Crippen LogP contribution in [0.2, 0.25) is 0 Å². The van der Waals surface area contributed by atoms with E-state index in [9.17, 15) is 1.37 Å². The Morgan fingerprint density at radius 1 is 0.321 bits per heavy atom. The van der Waals surface area contributed by atoms with Crippen molar-refractivity contribution in [3.63, 3.8) is 0 Å². The highest BCUT2D eigenvalue weighted by molar-refractivity contribution is 6.14. The first-order chi connectivity index (χ1) is 68.3. The normalized spacial score (nSPS) is 24.1. The Kier molecular flexibility index (Phi) is 19.6. The number of aromatic nitrogens is 5. The molecule has 692 valence electrons. The lowest BCUT2D eigenvalue weighted by molar-refractivity contribution is 0.149. The van der Waals surface area contributed by atoms with Gasteiger partial charge in [0.05, 0.1) is 72.2 Å². The second kappa shape index (κ2) is 33.3. The number of nitrogens with zero attached hydrogens (tertiary/aromatic N) is 15. The molecule has 0 N–H and O–H groups in total. The van der Waals surface area contributed by atoms with Crippen LogP contribution >= 0.6 is 0 Å². The third kappa shape index (κ3) is 14.0. The van der Waals surface area contributed by atoms with Crippen molar-refractivity contribution < 1.29 is 28.9 Å². The number of benzene rings is 9. The quantitative estimate of drug-likeness (QED) is 0.160. The summed E-state index contributed by atoms with van der Waals surface area (Å²) in [5, 5.41) is 10.7. The molecule has 8 aliphatic heterocycles. The van der Waals surface area contributed by atoms with Gasteiger partial charge >= 0.3 is 0 Å². The topological polar surface area (TPSA) is 163 Å². The molecule has 0 spiro atoms. The van der Waals surface area contributed by atoms with Crippen molar-refractivity contribution in [2.24, 2.45) is 0 Å². The van der Waals surface area contributed by atoms with Crippen LogP contribution in [-0.4, -0.2) is 135 Å². The van der Waals surface area contributed by atoms with Gasteiger partial charge in [-0.1, -0.05) is 140 Å². The molecule has 9 aromatic carbocycles. The molecular weight excluding hydrogens is 1700 g/mol. The lowest BCUT2D eigenvalue weighted by Gasteiger charge is -2.47. The number of piperidine rings is 1. The first kappa shape index (κ1) is 80.5. The third-order valence-electron chi connectivity index (χ3n) is 31.2. The summed E-state index contributed by atoms with van der Waals surface area (Å²) in [6, 6.07) is 75.3. The van der Waals surface area contributed by atoms with Gasteiger partial charge in [-0.3, -0.25) is 14.7 Å². The van der Waals surface area contributed by atoms with E-state index in [1.165, 1.54) is 107 Å². The lowest BCUT2D eigenvalue weighted by atomic mass is 9.96. The van der Waals surface area contributed by atoms with Crippen molar-refractivity contribution in [2.75, 3.05) is 74.6 Å². The molecule has 19 aromatic rings. The Hall–Kier alpha value is -13.8. The highest BCUT2D eigenvalue weighted by Gasteiger charge is 2.48. The summed E-state index contributed by atoms with van der Waals surface area (Å²) >= 11 is 0. The number of hydrogen-bond acceptors (Lipinski definition) is 20. The minimum absolute atomic E-state index is 0.0148. The number of rotatable bonds is 5. The van der Waals surface area contributed by atoms with Crippen LogP contribution in [0.25, 0.3) is 121 Å². The molecule has 1 aliphatic carbocycles. The highest BCUT2D eigenvalue weighted by Crippen LogP contribution is 2.54. The molecule has 0 amide bonds. The molecule has 8 bridgehead atoms. The number of hydrogen-bond donors (Lipinski definition) is 0. The molecular formula is C117H119N15O5. The van der Waals surface area contributed by atoms with Crippen LogP contribution in [0.4, 0.5) is 45.5 Å². The zero-order valence-corrected chi connectivity index (χ0v) is 81.1. The molecule has 18 heterocycles. The fraction of sp³-hybridized carbons (Fsp3) is 0.325. The minimum Gasteiger partial charge on any atom is -0.436 e. The molecule has 5 saturated heterocycles. The maximum atomic E-state index is 9.60. The van der Waals surface area contributed by atoms with Gasteiger partial charge in [0.2, 0.25) is 28.6 Å². The van der Waals surface area contributed by atoms with Crippen LogP contribution in [-0.2, 0) is 12.9 Å². The van der Waals surface area contributed by atoms with Gasteiger partial charge in [-0.05, 0) is 273 Å². The van der Waals surface area contributed by atoms with Gasteiger partial charge in [0.1, 0.15) is 6.17 Å². The molecule has 12 unspecified atom stereocenters. The monoisotopic (exact) mass is 1820 g/mol. The van der Waals surface area contributed by atoms with Crippen molar-refractivity contribution in [3.8, 4) is 11.1 Å². The molecule has 137 heavy (non-hydrogen) atoms. The number of pyridine rings is 5. The Balaban J connectivity index is 0.0000000963. The zero-order chi connectivity index (χ0) is 98.2. The number of para-hydroxylation sites is 3. The molecule has 20 heteroatoms. The molecule has 12 atom stereocenters. The van der Waals surface area contributed by atoms with Crippen molar-refractivity contribution in [3.05, 3.63) is 291 Å². The lowest BCUT2D eigenvalue weighted by Crippen LogP contribution is -2.56. The van der Waals surface area contributed by atoms with Crippen molar-refractivity contribution in [2.45, 2.75) is 210 Å². The van der Waals surface area contributed by atoms with Crippen molar-refractivity contribution >= 4 is 156 Å². The average Bonchev–Trinajstić information content (AvgIpc) is 1.52. The van der Waals surface area contributed by atoms with E-state index in [1.807, 2.05) is 132 Å². The Labute approximate surface area is 806 Å².